The molecule has 0 fully saturated rings. The maximum atomic E-state index is 13.7. The van der Waals surface area contributed by atoms with E-state index in [0.29, 0.717) is 50.6 Å². The van der Waals surface area contributed by atoms with Crippen LogP contribution in [0.25, 0.3) is 0 Å². The molecule has 0 atom stereocenters. The van der Waals surface area contributed by atoms with E-state index in [1.807, 2.05) is 42.6 Å². The molecule has 0 aliphatic carbocycles. The Morgan fingerprint density at radius 3 is 2.44 bits per heavy atom. The second-order valence-electron chi connectivity index (χ2n) is 9.03. The largest absolute Gasteiger partial charge is 0.493 e. The van der Waals surface area contributed by atoms with Gasteiger partial charge >= 0.3 is 0 Å². The number of carbonyl (C=O) groups excluding carboxylic acids is 2. The summed E-state index contributed by atoms with van der Waals surface area (Å²) in [4.78, 5) is 42.0. The van der Waals surface area contributed by atoms with Crippen LogP contribution in [0.2, 0.25) is 5.02 Å². The first-order valence-corrected chi connectivity index (χ1v) is 14.3. The molecule has 0 saturated carbocycles. The zero-order valence-electron chi connectivity index (χ0n) is 23.3. The summed E-state index contributed by atoms with van der Waals surface area (Å²) >= 11 is 7.81. The Balaban J connectivity index is 1.81. The molecule has 0 spiro atoms. The first-order chi connectivity index (χ1) is 19.8. The van der Waals surface area contributed by atoms with Crippen molar-refractivity contribution in [3.63, 3.8) is 0 Å². The van der Waals surface area contributed by atoms with Gasteiger partial charge in [0, 0.05) is 43.3 Å². The molecule has 0 saturated heterocycles. The fraction of sp³-hybridized carbons (Fsp3) is 0.379. The lowest BCUT2D eigenvalue weighted by Crippen LogP contribution is -2.44. The van der Waals surface area contributed by atoms with Gasteiger partial charge in [0.05, 0.1) is 36.3 Å². The number of halogens is 1. The van der Waals surface area contributed by atoms with E-state index in [1.165, 1.54) is 17.0 Å². The highest BCUT2D eigenvalue weighted by molar-refractivity contribution is 7.09. The fourth-order valence-corrected chi connectivity index (χ4v) is 5.14. The Kier molecular flexibility index (Phi) is 12.4. The van der Waals surface area contributed by atoms with Gasteiger partial charge in [-0.2, -0.15) is 0 Å². The van der Waals surface area contributed by atoms with Crippen LogP contribution in [0, 0.1) is 10.1 Å². The van der Waals surface area contributed by atoms with E-state index in [-0.39, 0.29) is 35.3 Å². The molecule has 0 bridgehead atoms. The number of nitro groups is 1. The summed E-state index contributed by atoms with van der Waals surface area (Å²) in [7, 11) is 3.15. The highest BCUT2D eigenvalue weighted by Crippen LogP contribution is 2.28. The van der Waals surface area contributed by atoms with Crippen LogP contribution in [-0.2, 0) is 22.5 Å². The molecule has 1 aromatic heterocycles. The number of nitrogens with zero attached hydrogens (tertiary/aromatic N) is 3. The molecule has 0 aliphatic rings. The van der Waals surface area contributed by atoms with E-state index in [1.54, 1.807) is 30.5 Å². The van der Waals surface area contributed by atoms with Crippen molar-refractivity contribution in [2.45, 2.75) is 26.3 Å². The highest BCUT2D eigenvalue weighted by atomic mass is 35.5. The maximum absolute atomic E-state index is 13.7. The molecular weight excluding hydrogens is 570 g/mol. The number of hydrogen-bond donors (Lipinski definition) is 0. The van der Waals surface area contributed by atoms with Gasteiger partial charge < -0.3 is 24.0 Å². The van der Waals surface area contributed by atoms with Crippen LogP contribution in [0.1, 0.15) is 34.1 Å². The van der Waals surface area contributed by atoms with Crippen molar-refractivity contribution in [2.75, 3.05) is 47.1 Å². The third kappa shape index (κ3) is 9.17. The minimum Gasteiger partial charge on any atom is -0.493 e. The van der Waals surface area contributed by atoms with Gasteiger partial charge in [-0.3, -0.25) is 19.7 Å². The minimum absolute atomic E-state index is 0.0460. The van der Waals surface area contributed by atoms with Gasteiger partial charge in [-0.15, -0.1) is 11.3 Å². The lowest BCUT2D eigenvalue weighted by molar-refractivity contribution is -0.384. The topological polar surface area (TPSA) is 111 Å². The average molecular weight is 604 g/mol. The van der Waals surface area contributed by atoms with Crippen LogP contribution < -0.4 is 9.47 Å². The predicted octanol–water partition coefficient (Wildman–Crippen LogP) is 5.47. The quantitative estimate of drug-likeness (QED) is 0.121. The molecule has 41 heavy (non-hydrogen) atoms. The fourth-order valence-electron chi connectivity index (χ4n) is 4.16. The molecule has 12 heteroatoms. The normalized spacial score (nSPS) is 10.7. The SMILES string of the molecule is CCOCCCN(CC(=O)N(CCc1ccc(OC)c(OC)c1)Cc1cccs1)C(=O)c1ccc([N+](=O)[O-])cc1Cl. The van der Waals surface area contributed by atoms with Gasteiger partial charge in [-0.1, -0.05) is 23.7 Å². The van der Waals surface area contributed by atoms with E-state index < -0.39 is 10.8 Å². The van der Waals surface area contributed by atoms with Crippen LogP contribution in [-0.4, -0.2) is 73.6 Å². The second-order valence-corrected chi connectivity index (χ2v) is 10.5. The summed E-state index contributed by atoms with van der Waals surface area (Å²) in [6.07, 6.45) is 1.07. The minimum atomic E-state index is -0.579. The smallest absolute Gasteiger partial charge is 0.270 e. The number of ether oxygens (including phenoxy) is 3. The zero-order valence-corrected chi connectivity index (χ0v) is 24.9. The van der Waals surface area contributed by atoms with Crippen LogP contribution in [0.15, 0.2) is 53.9 Å². The third-order valence-electron chi connectivity index (χ3n) is 6.33. The number of amides is 2. The summed E-state index contributed by atoms with van der Waals surface area (Å²) in [5.41, 5.74) is 0.841. The van der Waals surface area contributed by atoms with E-state index in [4.69, 9.17) is 25.8 Å². The molecule has 1 heterocycles. The lowest BCUT2D eigenvalue weighted by atomic mass is 10.1. The van der Waals surface area contributed by atoms with Crippen molar-refractivity contribution in [1.29, 1.82) is 0 Å². The molecule has 0 N–H and O–H groups in total. The van der Waals surface area contributed by atoms with Crippen molar-refractivity contribution in [3.8, 4) is 11.5 Å². The number of hydrogen-bond acceptors (Lipinski definition) is 8. The Morgan fingerprint density at radius 2 is 1.80 bits per heavy atom. The van der Waals surface area contributed by atoms with Gasteiger partial charge in [-0.25, -0.2) is 0 Å². The lowest BCUT2D eigenvalue weighted by Gasteiger charge is -2.28. The monoisotopic (exact) mass is 603 g/mol. The third-order valence-corrected chi connectivity index (χ3v) is 7.50. The summed E-state index contributed by atoms with van der Waals surface area (Å²) in [6.45, 7) is 3.70. The Morgan fingerprint density at radius 1 is 1.02 bits per heavy atom. The molecule has 3 rings (SSSR count). The second kappa shape index (κ2) is 15.9. The van der Waals surface area contributed by atoms with Crippen LogP contribution in [0.4, 0.5) is 5.69 Å². The van der Waals surface area contributed by atoms with Gasteiger partial charge in [0.25, 0.3) is 11.6 Å². The van der Waals surface area contributed by atoms with Crippen molar-refractivity contribution in [1.82, 2.24) is 9.80 Å². The van der Waals surface area contributed by atoms with E-state index in [9.17, 15) is 19.7 Å². The van der Waals surface area contributed by atoms with E-state index in [0.717, 1.165) is 16.5 Å². The van der Waals surface area contributed by atoms with Gasteiger partial charge in [0.15, 0.2) is 11.5 Å². The van der Waals surface area contributed by atoms with Crippen LogP contribution >= 0.6 is 22.9 Å². The Bertz CT molecular complexity index is 1320. The molecule has 10 nitrogen and oxygen atoms in total. The number of non-ortho nitro benzene ring substituents is 1. The van der Waals surface area contributed by atoms with Gasteiger partial charge in [0.2, 0.25) is 5.91 Å². The average Bonchev–Trinajstić information content (AvgIpc) is 3.49. The predicted molar refractivity (Wildman–Crippen MR) is 158 cm³/mol. The Hall–Kier alpha value is -3.67. The highest BCUT2D eigenvalue weighted by Gasteiger charge is 2.25. The van der Waals surface area contributed by atoms with Crippen molar-refractivity contribution < 1.29 is 28.7 Å². The molecule has 220 valence electrons. The summed E-state index contributed by atoms with van der Waals surface area (Å²) < 4.78 is 16.2. The number of nitro benzene ring substituents is 1. The van der Waals surface area contributed by atoms with Crippen molar-refractivity contribution >= 4 is 40.4 Å². The van der Waals surface area contributed by atoms with E-state index >= 15 is 0 Å². The van der Waals surface area contributed by atoms with Crippen molar-refractivity contribution in [3.05, 3.63) is 85.1 Å². The molecule has 2 aromatic carbocycles. The van der Waals surface area contributed by atoms with Crippen LogP contribution in [0.3, 0.4) is 0 Å². The zero-order chi connectivity index (χ0) is 29.8. The molecule has 2 amide bonds. The number of thiophene rings is 1. The van der Waals surface area contributed by atoms with Gasteiger partial charge in [-0.05, 0) is 55.0 Å². The number of benzene rings is 2. The summed E-state index contributed by atoms with van der Waals surface area (Å²) in [5, 5.41) is 13.0. The molecule has 0 radical (unpaired) electrons. The number of rotatable bonds is 16. The standard InChI is InChI=1S/C29H34ClN3O7S/c1-4-40-15-6-13-32(29(35)24-10-9-22(33(36)37)18-25(24)30)20-28(34)31(19-23-7-5-16-41-23)14-12-21-8-11-26(38-2)27(17-21)39-3/h5,7-11,16-18H,4,6,12-15,19-20H2,1-3H3. The first kappa shape index (κ1) is 31.9. The van der Waals surface area contributed by atoms with Gasteiger partial charge in [0.1, 0.15) is 6.54 Å². The molecule has 3 aromatic rings. The molecule has 0 aliphatic heterocycles. The van der Waals surface area contributed by atoms with E-state index in [2.05, 4.69) is 0 Å². The summed E-state index contributed by atoms with van der Waals surface area (Å²) in [6, 6.07) is 13.2. The van der Waals surface area contributed by atoms with Crippen LogP contribution in [0.5, 0.6) is 11.5 Å². The number of carbonyl (C=O) groups is 2. The number of methoxy groups -OCH3 is 2. The first-order valence-electron chi connectivity index (χ1n) is 13.1. The molecular formula is C29H34ClN3O7S. The molecule has 0 unspecified atom stereocenters. The maximum Gasteiger partial charge on any atom is 0.270 e. The Labute approximate surface area is 248 Å². The van der Waals surface area contributed by atoms with Crippen molar-refractivity contribution in [2.24, 2.45) is 0 Å². The summed E-state index contributed by atoms with van der Waals surface area (Å²) in [5.74, 6) is 0.508.